The second-order valence-electron chi connectivity index (χ2n) is 7.54. The molecule has 1 aliphatic carbocycles. The maximum Gasteiger partial charge on any atom is 0.0569 e. The Balaban J connectivity index is 1.57. The van der Waals surface area contributed by atoms with Crippen LogP contribution in [-0.2, 0) is 0 Å². The quantitative estimate of drug-likeness (QED) is 0.309. The Kier molecular flexibility index (Phi) is 6.39. The molecule has 0 aliphatic heterocycles. The molecule has 0 spiro atoms. The number of allylic oxidation sites excluding steroid dienone is 7. The molecule has 31 heavy (non-hydrogen) atoms. The van der Waals surface area contributed by atoms with E-state index < -0.39 is 0 Å². The molecule has 0 bridgehead atoms. The second kappa shape index (κ2) is 9.73. The van der Waals surface area contributed by atoms with Gasteiger partial charge in [0.1, 0.15) is 0 Å². The van der Waals surface area contributed by atoms with E-state index in [1.807, 2.05) is 48.5 Å². The molecule has 0 radical (unpaired) electrons. The van der Waals surface area contributed by atoms with Crippen LogP contribution in [-0.4, -0.2) is 6.21 Å². The van der Waals surface area contributed by atoms with Crippen LogP contribution in [0.3, 0.4) is 0 Å². The fourth-order valence-corrected chi connectivity index (χ4v) is 3.80. The van der Waals surface area contributed by atoms with Gasteiger partial charge in [-0.05, 0) is 52.8 Å². The van der Waals surface area contributed by atoms with Crippen molar-refractivity contribution in [3.63, 3.8) is 0 Å². The summed E-state index contributed by atoms with van der Waals surface area (Å²) in [6.07, 6.45) is 9.77. The lowest BCUT2D eigenvalue weighted by Crippen LogP contribution is -2.03. The first-order valence-corrected chi connectivity index (χ1v) is 10.5. The van der Waals surface area contributed by atoms with Crippen molar-refractivity contribution in [2.75, 3.05) is 5.32 Å². The highest BCUT2D eigenvalue weighted by Crippen LogP contribution is 2.31. The first-order chi connectivity index (χ1) is 15.2. The average molecular weight is 403 g/mol. The largest absolute Gasteiger partial charge is 0.354 e. The van der Waals surface area contributed by atoms with Crippen LogP contribution in [0.4, 0.5) is 5.69 Å². The van der Waals surface area contributed by atoms with Crippen LogP contribution in [0.25, 0.3) is 16.7 Å². The van der Waals surface area contributed by atoms with Crippen molar-refractivity contribution in [3.8, 4) is 11.1 Å². The molecule has 2 heteroatoms. The van der Waals surface area contributed by atoms with E-state index in [0.717, 1.165) is 35.2 Å². The van der Waals surface area contributed by atoms with E-state index in [1.165, 1.54) is 22.9 Å². The van der Waals surface area contributed by atoms with Gasteiger partial charge in [0.15, 0.2) is 0 Å². The van der Waals surface area contributed by atoms with Gasteiger partial charge in [-0.3, -0.25) is 0 Å². The molecule has 0 saturated carbocycles. The van der Waals surface area contributed by atoms with Gasteiger partial charge in [0.2, 0.25) is 0 Å². The van der Waals surface area contributed by atoms with Crippen molar-refractivity contribution in [3.05, 3.63) is 132 Å². The van der Waals surface area contributed by atoms with Crippen molar-refractivity contribution in [1.82, 2.24) is 0 Å². The molecule has 4 rings (SSSR count). The van der Waals surface area contributed by atoms with Crippen molar-refractivity contribution in [2.45, 2.75) is 12.8 Å². The Hall–Kier alpha value is -3.91. The van der Waals surface area contributed by atoms with Crippen LogP contribution < -0.4 is 5.32 Å². The predicted octanol–water partition coefficient (Wildman–Crippen LogP) is 7.66. The Morgan fingerprint density at radius 2 is 1.48 bits per heavy atom. The van der Waals surface area contributed by atoms with Gasteiger partial charge < -0.3 is 10.7 Å². The topological polar surface area (TPSA) is 35.9 Å². The zero-order chi connectivity index (χ0) is 21.5. The lowest BCUT2D eigenvalue weighted by molar-refractivity contribution is 0.983. The van der Waals surface area contributed by atoms with Crippen LogP contribution in [0.5, 0.6) is 0 Å². The lowest BCUT2D eigenvalue weighted by atomic mass is 9.91. The molecule has 3 aromatic rings. The Bertz CT molecular complexity index is 1170. The predicted molar refractivity (Wildman–Crippen MR) is 133 cm³/mol. The summed E-state index contributed by atoms with van der Waals surface area (Å²) >= 11 is 0. The summed E-state index contributed by atoms with van der Waals surface area (Å²) in [6, 6.07) is 28.9. The molecule has 0 aromatic heterocycles. The van der Waals surface area contributed by atoms with Crippen LogP contribution in [0.15, 0.2) is 127 Å². The van der Waals surface area contributed by atoms with E-state index in [0.29, 0.717) is 5.70 Å². The Morgan fingerprint density at radius 1 is 0.839 bits per heavy atom. The molecule has 1 aliphatic rings. The molecule has 3 aromatic carbocycles. The normalized spacial score (nSPS) is 13.7. The zero-order valence-corrected chi connectivity index (χ0v) is 17.5. The summed E-state index contributed by atoms with van der Waals surface area (Å²) in [5.41, 5.74) is 8.52. The van der Waals surface area contributed by atoms with Gasteiger partial charge in [-0.2, -0.15) is 0 Å². The molecule has 0 amide bonds. The highest BCUT2D eigenvalue weighted by molar-refractivity contribution is 5.87. The van der Waals surface area contributed by atoms with Gasteiger partial charge in [-0.25, -0.2) is 0 Å². The van der Waals surface area contributed by atoms with Crippen LogP contribution in [0.2, 0.25) is 0 Å². The molecular weight excluding hydrogens is 376 g/mol. The molecule has 2 N–H and O–H groups in total. The van der Waals surface area contributed by atoms with Crippen molar-refractivity contribution >= 4 is 17.5 Å². The van der Waals surface area contributed by atoms with Gasteiger partial charge in [0, 0.05) is 17.5 Å². The molecule has 0 atom stereocenters. The summed E-state index contributed by atoms with van der Waals surface area (Å²) < 4.78 is 0. The van der Waals surface area contributed by atoms with E-state index in [2.05, 4.69) is 66.5 Å². The summed E-state index contributed by atoms with van der Waals surface area (Å²) in [7, 11) is 0. The molecular formula is C29H26N2. The molecule has 0 fully saturated rings. The number of rotatable bonds is 7. The number of anilines is 1. The van der Waals surface area contributed by atoms with Gasteiger partial charge in [0.05, 0.1) is 5.70 Å². The van der Waals surface area contributed by atoms with Crippen molar-refractivity contribution in [2.24, 2.45) is 0 Å². The third-order valence-electron chi connectivity index (χ3n) is 5.40. The number of hydrogen-bond acceptors (Lipinski definition) is 2. The van der Waals surface area contributed by atoms with E-state index in [9.17, 15) is 0 Å². The molecule has 0 unspecified atom stereocenters. The minimum atomic E-state index is 0.713. The van der Waals surface area contributed by atoms with Gasteiger partial charge >= 0.3 is 0 Å². The van der Waals surface area contributed by atoms with E-state index in [-0.39, 0.29) is 0 Å². The maximum absolute atomic E-state index is 7.94. The third kappa shape index (κ3) is 4.99. The van der Waals surface area contributed by atoms with Gasteiger partial charge in [-0.1, -0.05) is 97.6 Å². The average Bonchev–Trinajstić information content (AvgIpc) is 2.85. The van der Waals surface area contributed by atoms with Crippen molar-refractivity contribution in [1.29, 1.82) is 5.41 Å². The Morgan fingerprint density at radius 3 is 2.19 bits per heavy atom. The monoisotopic (exact) mass is 402 g/mol. The second-order valence-corrected chi connectivity index (χ2v) is 7.54. The third-order valence-corrected chi connectivity index (χ3v) is 5.40. The van der Waals surface area contributed by atoms with Crippen molar-refractivity contribution < 1.29 is 0 Å². The zero-order valence-electron chi connectivity index (χ0n) is 17.5. The highest BCUT2D eigenvalue weighted by atomic mass is 14.9. The minimum Gasteiger partial charge on any atom is -0.354 e. The smallest absolute Gasteiger partial charge is 0.0569 e. The lowest BCUT2D eigenvalue weighted by Gasteiger charge is -2.16. The summed E-state index contributed by atoms with van der Waals surface area (Å²) in [5.74, 6) is 0. The number of nitrogens with one attached hydrogen (secondary N) is 2. The minimum absolute atomic E-state index is 0.713. The molecule has 0 heterocycles. The summed E-state index contributed by atoms with van der Waals surface area (Å²) in [6.45, 7) is 4.30. The van der Waals surface area contributed by atoms with Gasteiger partial charge in [-0.15, -0.1) is 0 Å². The SMILES string of the molecule is C=C(/C=C(\C=N)Nc1ccccc1-c1ccccc1)C1=CC(c2ccccc2)=CCC1. The van der Waals surface area contributed by atoms with E-state index in [4.69, 9.17) is 5.41 Å². The first kappa shape index (κ1) is 20.4. The number of hydrogen-bond donors (Lipinski definition) is 2. The molecule has 0 saturated heterocycles. The van der Waals surface area contributed by atoms with Crippen LogP contribution >= 0.6 is 0 Å². The fourth-order valence-electron chi connectivity index (χ4n) is 3.80. The standard InChI is InChI=1S/C29H26N2/c1-22(25-15-10-16-26(20-25)23-11-4-2-5-12-23)19-27(21-30)31-29-18-9-8-17-28(29)24-13-6-3-7-14-24/h2-9,11-14,16-21,30-31H,1,10,15H2/b27-19+,30-21?. The van der Waals surface area contributed by atoms with Crippen LogP contribution in [0.1, 0.15) is 18.4 Å². The summed E-state index contributed by atoms with van der Waals surface area (Å²) in [5, 5.41) is 11.4. The first-order valence-electron chi connectivity index (χ1n) is 10.5. The molecule has 152 valence electrons. The molecule has 2 nitrogen and oxygen atoms in total. The number of para-hydroxylation sites is 1. The maximum atomic E-state index is 7.94. The van der Waals surface area contributed by atoms with Crippen LogP contribution in [0, 0.1) is 5.41 Å². The Labute approximate surface area is 184 Å². The van der Waals surface area contributed by atoms with Gasteiger partial charge in [0.25, 0.3) is 0 Å². The number of benzene rings is 3. The van der Waals surface area contributed by atoms with E-state index in [1.54, 1.807) is 0 Å². The summed E-state index contributed by atoms with van der Waals surface area (Å²) in [4.78, 5) is 0. The van der Waals surface area contributed by atoms with E-state index >= 15 is 0 Å². The highest BCUT2D eigenvalue weighted by Gasteiger charge is 2.10. The fraction of sp³-hybridized carbons (Fsp3) is 0.0690.